The van der Waals surface area contributed by atoms with Crippen molar-refractivity contribution >= 4 is 29.3 Å². The highest BCUT2D eigenvalue weighted by Crippen LogP contribution is 2.38. The quantitative estimate of drug-likeness (QED) is 0.818. The molecule has 1 aromatic carbocycles. The molecule has 1 saturated carbocycles. The minimum absolute atomic E-state index is 0.317. The molecule has 0 aromatic heterocycles. The zero-order valence-corrected chi connectivity index (χ0v) is 13.1. The summed E-state index contributed by atoms with van der Waals surface area (Å²) in [6, 6.07) is 8.09. The highest BCUT2D eigenvalue weighted by Gasteiger charge is 2.31. The summed E-state index contributed by atoms with van der Waals surface area (Å²) in [4.78, 5) is 14.4. The van der Waals surface area contributed by atoms with Crippen LogP contribution in [0.15, 0.2) is 24.3 Å². The summed E-state index contributed by atoms with van der Waals surface area (Å²) < 4.78 is 0. The summed E-state index contributed by atoms with van der Waals surface area (Å²) in [5.41, 5.74) is 1.22. The van der Waals surface area contributed by atoms with E-state index < -0.39 is 0 Å². The van der Waals surface area contributed by atoms with Crippen molar-refractivity contribution in [1.82, 2.24) is 4.90 Å². The lowest BCUT2D eigenvalue weighted by atomic mass is 9.84. The maximum atomic E-state index is 12.3. The molecule has 20 heavy (non-hydrogen) atoms. The normalized spacial score (nSPS) is 24.1. The van der Waals surface area contributed by atoms with E-state index in [2.05, 4.69) is 11.0 Å². The number of thioether (sulfide) groups is 1. The average Bonchev–Trinajstić information content (AvgIpc) is 2.63. The van der Waals surface area contributed by atoms with Gasteiger partial charge in [0.05, 0.1) is 0 Å². The van der Waals surface area contributed by atoms with E-state index in [1.807, 2.05) is 30.0 Å². The number of amides is 1. The van der Waals surface area contributed by atoms with Crippen molar-refractivity contribution in [2.45, 2.75) is 30.9 Å². The lowest BCUT2D eigenvalue weighted by Crippen LogP contribution is -2.40. The fourth-order valence-electron chi connectivity index (χ4n) is 2.89. The molecule has 2 aliphatic rings. The number of hydrogen-bond acceptors (Lipinski definition) is 2. The van der Waals surface area contributed by atoms with Gasteiger partial charge in [0, 0.05) is 35.0 Å². The van der Waals surface area contributed by atoms with Crippen molar-refractivity contribution in [1.29, 1.82) is 0 Å². The number of benzene rings is 1. The monoisotopic (exact) mass is 309 g/mol. The van der Waals surface area contributed by atoms with Gasteiger partial charge in [0.1, 0.15) is 0 Å². The maximum absolute atomic E-state index is 12.3. The summed E-state index contributed by atoms with van der Waals surface area (Å²) in [7, 11) is 0. The molecule has 1 aliphatic carbocycles. The second kappa shape index (κ2) is 6.40. The van der Waals surface area contributed by atoms with E-state index in [1.54, 1.807) is 0 Å². The molecule has 1 aromatic rings. The predicted molar refractivity (Wildman–Crippen MR) is 85.2 cm³/mol. The number of carbonyl (C=O) groups is 1. The number of halogens is 1. The Bertz CT molecular complexity index is 489. The highest BCUT2D eigenvalue weighted by molar-refractivity contribution is 7.99. The van der Waals surface area contributed by atoms with Crippen LogP contribution in [0.4, 0.5) is 0 Å². The van der Waals surface area contributed by atoms with Crippen LogP contribution in [0.1, 0.15) is 36.5 Å². The Kier molecular flexibility index (Phi) is 4.57. The second-order valence-electron chi connectivity index (χ2n) is 5.62. The smallest absolute Gasteiger partial charge is 0.225 e. The van der Waals surface area contributed by atoms with Crippen molar-refractivity contribution in [3.63, 3.8) is 0 Å². The van der Waals surface area contributed by atoms with E-state index in [0.717, 1.165) is 43.1 Å². The van der Waals surface area contributed by atoms with E-state index in [4.69, 9.17) is 11.6 Å². The third-order valence-electron chi connectivity index (χ3n) is 4.36. The number of hydrogen-bond donors (Lipinski definition) is 0. The van der Waals surface area contributed by atoms with Gasteiger partial charge < -0.3 is 4.90 Å². The van der Waals surface area contributed by atoms with Crippen LogP contribution < -0.4 is 0 Å². The average molecular weight is 310 g/mol. The van der Waals surface area contributed by atoms with Gasteiger partial charge in [-0.3, -0.25) is 4.79 Å². The first kappa shape index (κ1) is 14.3. The van der Waals surface area contributed by atoms with Gasteiger partial charge in [-0.2, -0.15) is 11.8 Å². The van der Waals surface area contributed by atoms with E-state index >= 15 is 0 Å². The summed E-state index contributed by atoms with van der Waals surface area (Å²) in [5.74, 6) is 1.71. The van der Waals surface area contributed by atoms with Gasteiger partial charge in [-0.25, -0.2) is 0 Å². The molecule has 3 rings (SSSR count). The zero-order chi connectivity index (χ0) is 13.9. The Morgan fingerprint density at radius 3 is 2.70 bits per heavy atom. The van der Waals surface area contributed by atoms with Crippen LogP contribution >= 0.6 is 23.4 Å². The predicted octanol–water partition coefficient (Wildman–Crippen LogP) is 4.15. The number of rotatable bonds is 2. The maximum Gasteiger partial charge on any atom is 0.225 e. The van der Waals surface area contributed by atoms with Crippen LogP contribution in [-0.2, 0) is 4.79 Å². The largest absolute Gasteiger partial charge is 0.342 e. The fourth-order valence-corrected chi connectivity index (χ4v) is 4.49. The summed E-state index contributed by atoms with van der Waals surface area (Å²) in [6.45, 7) is 1.76. The Morgan fingerprint density at radius 2 is 2.00 bits per heavy atom. The van der Waals surface area contributed by atoms with Gasteiger partial charge in [-0.05, 0) is 30.9 Å². The van der Waals surface area contributed by atoms with E-state index in [0.29, 0.717) is 17.1 Å². The van der Waals surface area contributed by atoms with Crippen molar-refractivity contribution in [3.8, 4) is 0 Å². The first-order valence-corrected chi connectivity index (χ1v) is 8.83. The molecule has 1 amide bonds. The van der Waals surface area contributed by atoms with Crippen molar-refractivity contribution < 1.29 is 4.79 Å². The lowest BCUT2D eigenvalue weighted by molar-refractivity contribution is -0.137. The van der Waals surface area contributed by atoms with Crippen molar-refractivity contribution in [2.75, 3.05) is 18.8 Å². The molecule has 108 valence electrons. The standard InChI is InChI=1S/C16H20ClNOS/c17-14-7-2-1-6-13(14)15-8-9-18(10-11-20-15)16(19)12-4-3-5-12/h1-2,6-7,12,15H,3-5,8-11H2. The molecule has 0 N–H and O–H groups in total. The second-order valence-corrected chi connectivity index (χ2v) is 7.34. The van der Waals surface area contributed by atoms with Crippen LogP contribution in [0.5, 0.6) is 0 Å². The molecular formula is C16H20ClNOS. The molecular weight excluding hydrogens is 290 g/mol. The molecule has 1 saturated heterocycles. The summed E-state index contributed by atoms with van der Waals surface area (Å²) in [5, 5.41) is 1.27. The molecule has 2 nitrogen and oxygen atoms in total. The molecule has 1 heterocycles. The summed E-state index contributed by atoms with van der Waals surface area (Å²) in [6.07, 6.45) is 4.42. The third-order valence-corrected chi connectivity index (χ3v) is 6.01. The molecule has 0 spiro atoms. The van der Waals surface area contributed by atoms with Crippen LogP contribution in [0.25, 0.3) is 0 Å². The van der Waals surface area contributed by atoms with Gasteiger partial charge in [-0.15, -0.1) is 0 Å². The minimum atomic E-state index is 0.317. The first-order valence-electron chi connectivity index (χ1n) is 7.40. The van der Waals surface area contributed by atoms with E-state index in [-0.39, 0.29) is 0 Å². The fraction of sp³-hybridized carbons (Fsp3) is 0.562. The molecule has 1 unspecified atom stereocenters. The third kappa shape index (κ3) is 2.99. The topological polar surface area (TPSA) is 20.3 Å². The molecule has 1 atom stereocenters. The Hall–Kier alpha value is -0.670. The molecule has 1 aliphatic heterocycles. The molecule has 4 heteroatoms. The van der Waals surface area contributed by atoms with Gasteiger partial charge >= 0.3 is 0 Å². The Balaban J connectivity index is 1.64. The molecule has 0 bridgehead atoms. The molecule has 2 fully saturated rings. The lowest BCUT2D eigenvalue weighted by Gasteiger charge is -2.30. The SMILES string of the molecule is O=C(C1CCC1)N1CCSC(c2ccccc2Cl)CC1. The minimum Gasteiger partial charge on any atom is -0.342 e. The molecule has 0 radical (unpaired) electrons. The van der Waals surface area contributed by atoms with Crippen molar-refractivity contribution in [3.05, 3.63) is 34.9 Å². The van der Waals surface area contributed by atoms with Crippen LogP contribution in [0.2, 0.25) is 5.02 Å². The zero-order valence-electron chi connectivity index (χ0n) is 11.6. The van der Waals surface area contributed by atoms with Crippen LogP contribution in [0, 0.1) is 5.92 Å². The number of carbonyl (C=O) groups excluding carboxylic acids is 1. The Labute approximate surface area is 129 Å². The highest BCUT2D eigenvalue weighted by atomic mass is 35.5. The Morgan fingerprint density at radius 1 is 1.20 bits per heavy atom. The van der Waals surface area contributed by atoms with Gasteiger partial charge in [0.25, 0.3) is 0 Å². The van der Waals surface area contributed by atoms with Crippen LogP contribution in [0.3, 0.4) is 0 Å². The van der Waals surface area contributed by atoms with E-state index in [9.17, 15) is 4.79 Å². The van der Waals surface area contributed by atoms with Crippen LogP contribution in [-0.4, -0.2) is 29.6 Å². The van der Waals surface area contributed by atoms with Crippen molar-refractivity contribution in [2.24, 2.45) is 5.92 Å². The van der Waals surface area contributed by atoms with Gasteiger partial charge in [0.2, 0.25) is 5.91 Å². The number of nitrogens with zero attached hydrogens (tertiary/aromatic N) is 1. The first-order chi connectivity index (χ1) is 9.75. The van der Waals surface area contributed by atoms with E-state index in [1.165, 1.54) is 12.0 Å². The van der Waals surface area contributed by atoms with Gasteiger partial charge in [0.15, 0.2) is 0 Å². The summed E-state index contributed by atoms with van der Waals surface area (Å²) >= 11 is 8.23. The van der Waals surface area contributed by atoms with Gasteiger partial charge in [-0.1, -0.05) is 36.2 Å².